The molecule has 1 saturated heterocycles. The number of likely N-dealkylation sites (tertiary alicyclic amines) is 1. The van der Waals surface area contributed by atoms with E-state index in [4.69, 9.17) is 0 Å². The molecule has 6 heteroatoms. The molecule has 2 aromatic rings. The fraction of sp³-hybridized carbons (Fsp3) is 0.389. The molecule has 1 aromatic heterocycles. The van der Waals surface area contributed by atoms with Crippen molar-refractivity contribution in [3.05, 3.63) is 47.8 Å². The van der Waals surface area contributed by atoms with Crippen LogP contribution in [0.15, 0.2) is 36.5 Å². The number of hydrogen-bond donors (Lipinski definition) is 1. The van der Waals surface area contributed by atoms with Crippen molar-refractivity contribution in [1.82, 2.24) is 14.7 Å². The van der Waals surface area contributed by atoms with Crippen molar-refractivity contribution in [2.45, 2.75) is 32.7 Å². The molecule has 1 aliphatic heterocycles. The van der Waals surface area contributed by atoms with E-state index in [0.29, 0.717) is 24.1 Å². The van der Waals surface area contributed by atoms with Crippen LogP contribution >= 0.6 is 0 Å². The zero-order valence-corrected chi connectivity index (χ0v) is 13.8. The Hall–Kier alpha value is -2.63. The number of carboxylic acids is 1. The van der Waals surface area contributed by atoms with Crippen LogP contribution < -0.4 is 0 Å². The molecule has 1 fully saturated rings. The molecule has 126 valence electrons. The fourth-order valence-electron chi connectivity index (χ4n) is 3.13. The zero-order valence-electron chi connectivity index (χ0n) is 13.8. The van der Waals surface area contributed by atoms with Gasteiger partial charge < -0.3 is 10.0 Å². The lowest BCUT2D eigenvalue weighted by Gasteiger charge is -2.36. The number of nitrogens with zero attached hydrogens (tertiary/aromatic N) is 3. The Morgan fingerprint density at radius 1 is 1.21 bits per heavy atom. The van der Waals surface area contributed by atoms with Crippen LogP contribution in [0.25, 0.3) is 5.69 Å². The molecule has 0 bridgehead atoms. The van der Waals surface area contributed by atoms with Crippen molar-refractivity contribution in [2.24, 2.45) is 5.92 Å². The van der Waals surface area contributed by atoms with Crippen LogP contribution in [0.2, 0.25) is 0 Å². The molecule has 0 aliphatic carbocycles. The molecular weight excluding hydrogens is 306 g/mol. The molecular formula is C18H21N3O3. The van der Waals surface area contributed by atoms with E-state index in [9.17, 15) is 14.7 Å². The SMILES string of the molecule is Cc1nn(-c2ccccc2)cc1C(=O)N1CC(C(=O)O)CCC1C. The number of piperidine rings is 1. The zero-order chi connectivity index (χ0) is 17.3. The highest BCUT2D eigenvalue weighted by Gasteiger charge is 2.34. The second-order valence-corrected chi connectivity index (χ2v) is 6.33. The van der Waals surface area contributed by atoms with Crippen molar-refractivity contribution in [3.63, 3.8) is 0 Å². The lowest BCUT2D eigenvalue weighted by Crippen LogP contribution is -2.47. The van der Waals surface area contributed by atoms with E-state index < -0.39 is 11.9 Å². The number of carboxylic acid groups (broad SMARTS) is 1. The first-order chi connectivity index (χ1) is 11.5. The van der Waals surface area contributed by atoms with Gasteiger partial charge in [0.15, 0.2) is 0 Å². The summed E-state index contributed by atoms with van der Waals surface area (Å²) in [6.07, 6.45) is 3.04. The third-order valence-corrected chi connectivity index (χ3v) is 4.64. The molecule has 1 amide bonds. The van der Waals surface area contributed by atoms with E-state index in [2.05, 4.69) is 5.10 Å². The minimum atomic E-state index is -0.837. The Morgan fingerprint density at radius 3 is 2.58 bits per heavy atom. The number of aryl methyl sites for hydroxylation is 1. The van der Waals surface area contributed by atoms with Gasteiger partial charge in [0.1, 0.15) is 0 Å². The Bertz CT molecular complexity index is 754. The normalized spacial score (nSPS) is 20.8. The van der Waals surface area contributed by atoms with Crippen molar-refractivity contribution in [2.75, 3.05) is 6.54 Å². The molecule has 1 aromatic carbocycles. The lowest BCUT2D eigenvalue weighted by atomic mass is 9.93. The number of benzene rings is 1. The summed E-state index contributed by atoms with van der Waals surface area (Å²) in [5.41, 5.74) is 2.06. The Morgan fingerprint density at radius 2 is 1.92 bits per heavy atom. The largest absolute Gasteiger partial charge is 0.481 e. The second kappa shape index (κ2) is 6.47. The standard InChI is InChI=1S/C18H21N3O3/c1-12-8-9-14(18(23)24)10-20(12)17(22)16-11-21(19-13(16)2)15-6-4-3-5-7-15/h3-7,11-12,14H,8-10H2,1-2H3,(H,23,24). The minimum absolute atomic E-state index is 0.0348. The van der Waals surface area contributed by atoms with Gasteiger partial charge >= 0.3 is 5.97 Å². The second-order valence-electron chi connectivity index (χ2n) is 6.33. The van der Waals surface area contributed by atoms with Gasteiger partial charge in [-0.25, -0.2) is 4.68 Å². The van der Waals surface area contributed by atoms with E-state index >= 15 is 0 Å². The molecule has 3 rings (SSSR count). The van der Waals surface area contributed by atoms with Crippen LogP contribution in [0.5, 0.6) is 0 Å². The number of carbonyl (C=O) groups is 2. The van der Waals surface area contributed by atoms with Gasteiger partial charge in [-0.2, -0.15) is 5.10 Å². The van der Waals surface area contributed by atoms with Crippen LogP contribution in [0, 0.1) is 12.8 Å². The molecule has 24 heavy (non-hydrogen) atoms. The average molecular weight is 327 g/mol. The van der Waals surface area contributed by atoms with Gasteiger partial charge in [0.2, 0.25) is 0 Å². The number of para-hydroxylation sites is 1. The number of carbonyl (C=O) groups excluding carboxylic acids is 1. The van der Waals surface area contributed by atoms with Gasteiger partial charge in [0, 0.05) is 18.8 Å². The number of aromatic nitrogens is 2. The van der Waals surface area contributed by atoms with Crippen molar-refractivity contribution < 1.29 is 14.7 Å². The van der Waals surface area contributed by atoms with E-state index in [1.807, 2.05) is 37.3 Å². The van der Waals surface area contributed by atoms with E-state index in [0.717, 1.165) is 5.69 Å². The van der Waals surface area contributed by atoms with Crippen LogP contribution in [0.3, 0.4) is 0 Å². The predicted octanol–water partition coefficient (Wildman–Crippen LogP) is 2.51. The summed E-state index contributed by atoms with van der Waals surface area (Å²) >= 11 is 0. The molecule has 1 N–H and O–H groups in total. The van der Waals surface area contributed by atoms with E-state index in [1.54, 1.807) is 22.7 Å². The van der Waals surface area contributed by atoms with Crippen molar-refractivity contribution in [3.8, 4) is 5.69 Å². The first kappa shape index (κ1) is 16.2. The number of aliphatic carboxylic acids is 1. The molecule has 0 radical (unpaired) electrons. The summed E-state index contributed by atoms with van der Waals surface area (Å²) in [7, 11) is 0. The molecule has 2 atom stereocenters. The molecule has 0 saturated carbocycles. The van der Waals surface area contributed by atoms with Crippen LogP contribution in [0.4, 0.5) is 0 Å². The molecule has 2 heterocycles. The Balaban J connectivity index is 1.87. The average Bonchev–Trinajstić information content (AvgIpc) is 2.97. The van der Waals surface area contributed by atoms with Gasteiger partial charge in [-0.05, 0) is 38.8 Å². The van der Waals surface area contributed by atoms with Crippen LogP contribution in [0.1, 0.15) is 35.8 Å². The summed E-state index contributed by atoms with van der Waals surface area (Å²) in [6, 6.07) is 9.63. The van der Waals surface area contributed by atoms with Crippen molar-refractivity contribution in [1.29, 1.82) is 0 Å². The smallest absolute Gasteiger partial charge is 0.308 e. The highest BCUT2D eigenvalue weighted by Crippen LogP contribution is 2.25. The number of rotatable bonds is 3. The highest BCUT2D eigenvalue weighted by atomic mass is 16.4. The highest BCUT2D eigenvalue weighted by molar-refractivity contribution is 5.95. The monoisotopic (exact) mass is 327 g/mol. The maximum Gasteiger partial charge on any atom is 0.308 e. The summed E-state index contributed by atoms with van der Waals surface area (Å²) in [5.74, 6) is -1.47. The topological polar surface area (TPSA) is 75.4 Å². The van der Waals surface area contributed by atoms with Gasteiger partial charge in [-0.1, -0.05) is 18.2 Å². The molecule has 1 aliphatic rings. The van der Waals surface area contributed by atoms with Gasteiger partial charge in [0.05, 0.1) is 22.9 Å². The lowest BCUT2D eigenvalue weighted by molar-refractivity contribution is -0.143. The first-order valence-corrected chi connectivity index (χ1v) is 8.13. The summed E-state index contributed by atoms with van der Waals surface area (Å²) in [4.78, 5) is 25.9. The van der Waals surface area contributed by atoms with Crippen molar-refractivity contribution >= 4 is 11.9 Å². The van der Waals surface area contributed by atoms with Crippen LogP contribution in [-0.4, -0.2) is 44.3 Å². The van der Waals surface area contributed by atoms with Crippen LogP contribution in [-0.2, 0) is 4.79 Å². The Labute approximate surface area is 140 Å². The third-order valence-electron chi connectivity index (χ3n) is 4.64. The molecule has 2 unspecified atom stereocenters. The quantitative estimate of drug-likeness (QED) is 0.940. The number of hydrogen-bond acceptors (Lipinski definition) is 3. The summed E-state index contributed by atoms with van der Waals surface area (Å²) < 4.78 is 1.69. The van der Waals surface area contributed by atoms with Gasteiger partial charge in [0.25, 0.3) is 5.91 Å². The molecule has 0 spiro atoms. The van der Waals surface area contributed by atoms with Gasteiger partial charge in [-0.3, -0.25) is 9.59 Å². The molecule has 6 nitrogen and oxygen atoms in total. The number of amides is 1. The van der Waals surface area contributed by atoms with E-state index in [-0.39, 0.29) is 18.5 Å². The van der Waals surface area contributed by atoms with E-state index in [1.165, 1.54) is 0 Å². The maximum absolute atomic E-state index is 12.9. The summed E-state index contributed by atoms with van der Waals surface area (Å²) in [6.45, 7) is 4.02. The third kappa shape index (κ3) is 3.04. The minimum Gasteiger partial charge on any atom is -0.481 e. The summed E-state index contributed by atoms with van der Waals surface area (Å²) in [5, 5.41) is 13.7. The maximum atomic E-state index is 12.9. The van der Waals surface area contributed by atoms with Gasteiger partial charge in [-0.15, -0.1) is 0 Å². The predicted molar refractivity (Wildman–Crippen MR) is 89.2 cm³/mol. The Kier molecular flexibility index (Phi) is 4.38. The first-order valence-electron chi connectivity index (χ1n) is 8.13. The fourth-order valence-corrected chi connectivity index (χ4v) is 3.13.